The lowest BCUT2D eigenvalue weighted by Crippen LogP contribution is -2.47. The van der Waals surface area contributed by atoms with Gasteiger partial charge in [0.1, 0.15) is 0 Å². The van der Waals surface area contributed by atoms with Crippen molar-refractivity contribution in [1.29, 1.82) is 0 Å². The summed E-state index contributed by atoms with van der Waals surface area (Å²) in [5.41, 5.74) is 10.6. The maximum Gasteiger partial charge on any atom is 0.234 e. The number of hydrogen-bond acceptors (Lipinski definition) is 4. The summed E-state index contributed by atoms with van der Waals surface area (Å²) >= 11 is 0. The molecule has 0 radical (unpaired) electrons. The summed E-state index contributed by atoms with van der Waals surface area (Å²) in [6, 6.07) is -0.166. The molecule has 1 saturated heterocycles. The first kappa shape index (κ1) is 12.4. The van der Waals surface area contributed by atoms with Crippen LogP contribution in [0.25, 0.3) is 0 Å². The summed E-state index contributed by atoms with van der Waals surface area (Å²) in [5.74, 6) is -0.253. The molecule has 15 heavy (non-hydrogen) atoms. The maximum atomic E-state index is 11.0. The first-order valence-corrected chi connectivity index (χ1v) is 5.50. The molecule has 0 aliphatic carbocycles. The minimum atomic E-state index is -0.253. The van der Waals surface area contributed by atoms with Crippen LogP contribution in [0, 0.1) is 0 Å². The highest BCUT2D eigenvalue weighted by molar-refractivity contribution is 5.79. The fourth-order valence-corrected chi connectivity index (χ4v) is 1.84. The van der Waals surface area contributed by atoms with E-state index in [0.717, 1.165) is 25.9 Å². The molecule has 1 amide bonds. The lowest BCUT2D eigenvalue weighted by Gasteiger charge is -2.34. The Morgan fingerprint density at radius 3 is 2.60 bits per heavy atom. The Labute approximate surface area is 90.7 Å². The van der Waals surface area contributed by atoms with Crippen LogP contribution in [0.2, 0.25) is 0 Å². The molecule has 0 bridgehead atoms. The van der Waals surface area contributed by atoms with Gasteiger partial charge in [-0.2, -0.15) is 0 Å². The van der Waals surface area contributed by atoms with Gasteiger partial charge in [0.25, 0.3) is 0 Å². The molecule has 0 spiro atoms. The third-order valence-electron chi connectivity index (χ3n) is 2.91. The van der Waals surface area contributed by atoms with Crippen LogP contribution in [0.1, 0.15) is 19.8 Å². The van der Waals surface area contributed by atoms with Crippen LogP contribution in [0.4, 0.5) is 0 Å². The van der Waals surface area contributed by atoms with Crippen molar-refractivity contribution < 1.29 is 9.53 Å². The lowest BCUT2D eigenvalue weighted by atomic mass is 10.1. The summed E-state index contributed by atoms with van der Waals surface area (Å²) in [5, 5.41) is 0. The molecule has 0 aromatic rings. The molecular weight excluding hydrogens is 194 g/mol. The predicted molar refractivity (Wildman–Crippen MR) is 58.3 cm³/mol. The molecule has 0 aromatic heterocycles. The van der Waals surface area contributed by atoms with E-state index in [1.165, 1.54) is 0 Å². The van der Waals surface area contributed by atoms with Crippen molar-refractivity contribution >= 4 is 5.91 Å². The topological polar surface area (TPSA) is 81.6 Å². The Balaban J connectivity index is 2.26. The molecule has 1 fully saturated rings. The molecule has 88 valence electrons. The second kappa shape index (κ2) is 6.05. The number of likely N-dealkylation sites (tertiary alicyclic amines) is 1. The molecule has 0 aromatic carbocycles. The van der Waals surface area contributed by atoms with E-state index in [9.17, 15) is 4.79 Å². The molecule has 4 N–H and O–H groups in total. The van der Waals surface area contributed by atoms with E-state index in [0.29, 0.717) is 19.3 Å². The Bertz CT molecular complexity index is 203. The van der Waals surface area contributed by atoms with E-state index in [-0.39, 0.29) is 11.9 Å². The number of primary amides is 1. The zero-order chi connectivity index (χ0) is 11.3. The van der Waals surface area contributed by atoms with Gasteiger partial charge in [0.15, 0.2) is 0 Å². The third kappa shape index (κ3) is 3.77. The highest BCUT2D eigenvalue weighted by Gasteiger charge is 2.25. The van der Waals surface area contributed by atoms with Crippen LogP contribution in [0.3, 0.4) is 0 Å². The number of nitrogens with two attached hydrogens (primary N) is 2. The fourth-order valence-electron chi connectivity index (χ4n) is 1.84. The summed E-state index contributed by atoms with van der Waals surface area (Å²) < 4.78 is 5.55. The largest absolute Gasteiger partial charge is 0.377 e. The molecule has 1 aliphatic heterocycles. The monoisotopic (exact) mass is 215 g/mol. The van der Waals surface area contributed by atoms with E-state index >= 15 is 0 Å². The van der Waals surface area contributed by atoms with Crippen molar-refractivity contribution in [2.45, 2.75) is 31.9 Å². The van der Waals surface area contributed by atoms with Gasteiger partial charge in [-0.25, -0.2) is 0 Å². The number of ether oxygens (including phenoxy) is 1. The van der Waals surface area contributed by atoms with Crippen LogP contribution in [0.15, 0.2) is 0 Å². The third-order valence-corrected chi connectivity index (χ3v) is 2.91. The minimum Gasteiger partial charge on any atom is -0.377 e. The van der Waals surface area contributed by atoms with E-state index in [2.05, 4.69) is 4.90 Å². The average molecular weight is 215 g/mol. The molecule has 5 heteroatoms. The predicted octanol–water partition coefficient (Wildman–Crippen LogP) is -0.700. The normalized spacial score (nSPS) is 21.5. The molecule has 1 unspecified atom stereocenters. The van der Waals surface area contributed by atoms with Gasteiger partial charge in [0.2, 0.25) is 5.91 Å². The van der Waals surface area contributed by atoms with E-state index in [1.54, 1.807) is 0 Å². The van der Waals surface area contributed by atoms with Crippen molar-refractivity contribution in [3.63, 3.8) is 0 Å². The maximum absolute atomic E-state index is 11.0. The SMILES string of the molecule is CC(C(N)=O)N1CCC(OCCN)CC1. The van der Waals surface area contributed by atoms with Crippen LogP contribution < -0.4 is 11.5 Å². The van der Waals surface area contributed by atoms with Crippen molar-refractivity contribution in [2.75, 3.05) is 26.2 Å². The van der Waals surface area contributed by atoms with Crippen molar-refractivity contribution in [1.82, 2.24) is 4.90 Å². The number of nitrogens with zero attached hydrogens (tertiary/aromatic N) is 1. The van der Waals surface area contributed by atoms with Crippen LogP contribution in [-0.2, 0) is 9.53 Å². The average Bonchev–Trinajstić information content (AvgIpc) is 2.26. The molecular formula is C10H21N3O2. The van der Waals surface area contributed by atoms with Gasteiger partial charge in [-0.05, 0) is 19.8 Å². The standard InChI is InChI=1S/C10H21N3O2/c1-8(10(12)14)13-5-2-9(3-6-13)15-7-4-11/h8-9H,2-7,11H2,1H3,(H2,12,14). The Morgan fingerprint density at radius 1 is 1.53 bits per heavy atom. The number of carbonyl (C=O) groups is 1. The first-order valence-electron chi connectivity index (χ1n) is 5.50. The first-order chi connectivity index (χ1) is 7.15. The van der Waals surface area contributed by atoms with Crippen LogP contribution in [-0.4, -0.2) is 49.2 Å². The molecule has 1 heterocycles. The van der Waals surface area contributed by atoms with Crippen molar-refractivity contribution in [2.24, 2.45) is 11.5 Å². The number of piperidine rings is 1. The Hall–Kier alpha value is -0.650. The van der Waals surface area contributed by atoms with E-state index in [4.69, 9.17) is 16.2 Å². The summed E-state index contributed by atoms with van der Waals surface area (Å²) in [6.07, 6.45) is 2.21. The molecule has 5 nitrogen and oxygen atoms in total. The molecule has 1 aliphatic rings. The summed E-state index contributed by atoms with van der Waals surface area (Å²) in [4.78, 5) is 13.1. The summed E-state index contributed by atoms with van der Waals surface area (Å²) in [6.45, 7) is 4.79. The molecule has 1 atom stereocenters. The zero-order valence-electron chi connectivity index (χ0n) is 9.32. The van der Waals surface area contributed by atoms with Crippen molar-refractivity contribution in [3.05, 3.63) is 0 Å². The van der Waals surface area contributed by atoms with E-state index in [1.807, 2.05) is 6.92 Å². The zero-order valence-corrected chi connectivity index (χ0v) is 9.32. The van der Waals surface area contributed by atoms with Gasteiger partial charge >= 0.3 is 0 Å². The van der Waals surface area contributed by atoms with Gasteiger partial charge in [-0.15, -0.1) is 0 Å². The second-order valence-corrected chi connectivity index (χ2v) is 3.97. The van der Waals surface area contributed by atoms with Crippen LogP contribution in [0.5, 0.6) is 0 Å². The van der Waals surface area contributed by atoms with Gasteiger partial charge in [-0.3, -0.25) is 9.69 Å². The van der Waals surface area contributed by atoms with Crippen LogP contribution >= 0.6 is 0 Å². The Kier molecular flexibility index (Phi) is 5.01. The number of hydrogen-bond donors (Lipinski definition) is 2. The number of carbonyl (C=O) groups excluding carboxylic acids is 1. The quantitative estimate of drug-likeness (QED) is 0.635. The van der Waals surface area contributed by atoms with E-state index < -0.39 is 0 Å². The van der Waals surface area contributed by atoms with Gasteiger partial charge in [0.05, 0.1) is 18.8 Å². The number of amides is 1. The number of rotatable bonds is 5. The lowest BCUT2D eigenvalue weighted by molar-refractivity contribution is -0.123. The second-order valence-electron chi connectivity index (χ2n) is 3.97. The minimum absolute atomic E-state index is 0.166. The highest BCUT2D eigenvalue weighted by atomic mass is 16.5. The highest BCUT2D eigenvalue weighted by Crippen LogP contribution is 2.15. The fraction of sp³-hybridized carbons (Fsp3) is 0.900. The molecule has 0 saturated carbocycles. The van der Waals surface area contributed by atoms with Gasteiger partial charge in [0, 0.05) is 19.6 Å². The smallest absolute Gasteiger partial charge is 0.234 e. The van der Waals surface area contributed by atoms with Gasteiger partial charge in [-0.1, -0.05) is 0 Å². The van der Waals surface area contributed by atoms with Crippen molar-refractivity contribution in [3.8, 4) is 0 Å². The molecule has 1 rings (SSSR count). The summed E-state index contributed by atoms with van der Waals surface area (Å²) in [7, 11) is 0. The Morgan fingerprint density at radius 2 is 2.13 bits per heavy atom. The van der Waals surface area contributed by atoms with Gasteiger partial charge < -0.3 is 16.2 Å².